The highest BCUT2D eigenvalue weighted by molar-refractivity contribution is 5.77. The third-order valence-electron chi connectivity index (χ3n) is 18.1. The standard InChI is InChI=1S/C57H95N5O41/c1-16(72)59-29-21(76)5-57(56(88)89,102-47(29)33(78)22(77)7-64)103-49-42(87)55(97-43-27(12-69)95-53(40(85)39(43)84)90-14-20(6-63)58-15-71)96-28(13-70)44(49)98-51-32(62-19(4)75)46(36(81)25(10-67)92-51)100-54-41(86)48(37(82)26(11-68)94-54)101-52-31(61-18(3)74)45(35(80)24(9-66)93-52)99-50-30(60-17(2)73)38(83)34(79)23(8-65)91-50/h15,20-55,63-70,76-87H,5-14H2,1-4H3,(H,58,71)(H,59,72)(H,60,73)(H,61,74)(H,62,75)(H,88,89)/t20-,21+,22-,23-,24-,25-,26-,27-,28-,29-,30-,31-,32-,33-,34+,35+,36+,37+,38-,39-,40-,41-,42-,43-,44+,45-,46-,47-,48+,49-,50-,51+,52+,53-,54+,55+,57+/m1/s1. The summed E-state index contributed by atoms with van der Waals surface area (Å²) in [7, 11) is 0. The van der Waals surface area contributed by atoms with Crippen molar-refractivity contribution >= 4 is 36.0 Å². The summed E-state index contributed by atoms with van der Waals surface area (Å²) in [4.78, 5) is 76.0. The average molecular weight is 1510 g/mol. The lowest BCUT2D eigenvalue weighted by Crippen LogP contribution is -2.72. The maximum absolute atomic E-state index is 13.8. The van der Waals surface area contributed by atoms with Crippen LogP contribution in [0.2, 0.25) is 0 Å². The lowest BCUT2D eigenvalue weighted by molar-refractivity contribution is -0.404. The summed E-state index contributed by atoms with van der Waals surface area (Å²) >= 11 is 0. The summed E-state index contributed by atoms with van der Waals surface area (Å²) in [5.74, 6) is -9.42. The molecule has 103 heavy (non-hydrogen) atoms. The van der Waals surface area contributed by atoms with Gasteiger partial charge >= 0.3 is 5.97 Å². The highest BCUT2D eigenvalue weighted by Crippen LogP contribution is 2.42. The number of hydrogen-bond donors (Lipinski definition) is 26. The number of aliphatic hydroxyl groups excluding tert-OH is 20. The Morgan fingerprint density at radius 3 is 1.29 bits per heavy atom. The Balaban J connectivity index is 1.26. The molecular weight excluding hydrogens is 1410 g/mol. The largest absolute Gasteiger partial charge is 0.477 e. The van der Waals surface area contributed by atoms with E-state index in [1.165, 1.54) is 0 Å². The molecule has 7 fully saturated rings. The van der Waals surface area contributed by atoms with E-state index >= 15 is 0 Å². The Labute approximate surface area is 583 Å². The minimum absolute atomic E-state index is 0.216. The Kier molecular flexibility index (Phi) is 31.6. The summed E-state index contributed by atoms with van der Waals surface area (Å²) in [6.07, 6.45) is -67.6. The number of amides is 5. The van der Waals surface area contributed by atoms with Gasteiger partial charge in [-0.3, -0.25) is 24.0 Å². The fraction of sp³-hybridized carbons (Fsp3) is 0.895. The van der Waals surface area contributed by atoms with E-state index < -0.39 is 322 Å². The van der Waals surface area contributed by atoms with Crippen molar-refractivity contribution in [2.45, 2.75) is 260 Å². The molecule has 0 aromatic heterocycles. The van der Waals surface area contributed by atoms with Crippen LogP contribution >= 0.6 is 0 Å². The van der Waals surface area contributed by atoms with E-state index in [4.69, 9.17) is 66.3 Å². The molecule has 37 atom stereocenters. The van der Waals surface area contributed by atoms with Gasteiger partial charge in [0.15, 0.2) is 37.7 Å². The normalized spacial score (nSPS) is 43.9. The first-order valence-electron chi connectivity index (χ1n) is 32.4. The number of carbonyl (C=O) groups excluding carboxylic acids is 5. The third-order valence-corrected chi connectivity index (χ3v) is 18.1. The maximum Gasteiger partial charge on any atom is 0.364 e. The smallest absolute Gasteiger partial charge is 0.364 e. The van der Waals surface area contributed by atoms with Crippen molar-refractivity contribution in [3.63, 3.8) is 0 Å². The van der Waals surface area contributed by atoms with Gasteiger partial charge in [0.05, 0.1) is 77.6 Å². The molecule has 0 bridgehead atoms. The molecule has 594 valence electrons. The molecule has 0 radical (unpaired) electrons. The summed E-state index contributed by atoms with van der Waals surface area (Å²) in [5.41, 5.74) is 0. The predicted molar refractivity (Wildman–Crippen MR) is 319 cm³/mol. The van der Waals surface area contributed by atoms with Crippen LogP contribution in [0.1, 0.15) is 34.1 Å². The van der Waals surface area contributed by atoms with Crippen LogP contribution in [0.4, 0.5) is 0 Å². The van der Waals surface area contributed by atoms with Crippen LogP contribution in [0.15, 0.2) is 0 Å². The van der Waals surface area contributed by atoms with E-state index in [1.54, 1.807) is 0 Å². The van der Waals surface area contributed by atoms with Gasteiger partial charge in [0, 0.05) is 34.1 Å². The Morgan fingerprint density at radius 2 is 0.825 bits per heavy atom. The van der Waals surface area contributed by atoms with E-state index in [1.807, 2.05) is 0 Å². The van der Waals surface area contributed by atoms with Gasteiger partial charge in [-0.1, -0.05) is 0 Å². The lowest BCUT2D eigenvalue weighted by Gasteiger charge is -2.53. The molecule has 7 rings (SSSR count). The first-order valence-corrected chi connectivity index (χ1v) is 32.4. The highest BCUT2D eigenvalue weighted by Gasteiger charge is 2.63. The molecule has 46 heteroatoms. The molecule has 0 saturated carbocycles. The average Bonchev–Trinajstić information content (AvgIpc) is 0.750. The SMILES string of the molecule is CC(=O)N[C@H]1[C@@H](O[C@H]2[C@@H](O)[C@@H](CO)O[C@@H](O[C@H]3[C@@H](O)[C@@H](CO)O[C@@H](O[C@H]4[C@@H](O)[C@@H](CO)O[C@@H](O[C@@H]5[C@H](O[C@]6(C(=O)O)C[C@H](O)[C@@H](NC(C)=O)[C@H]([C@H](O)[C@H](O)CO)O6)[C@@H](O)[C@H](O[C@H]6[C@H](O)[C@@H](O)[C@H](OC[C@@H](CO)NC=O)O[C@@H]6CO)O[C@@H]5CO)[C@@H]4NC(C)=O)[C@@H]3O)[C@@H]2NC(C)=O)O[C@H](CO)[C@H](O)[C@@H]1O. The topological polar surface area (TPSA) is 717 Å². The van der Waals surface area contributed by atoms with Gasteiger partial charge in [-0.25, -0.2) is 4.79 Å². The van der Waals surface area contributed by atoms with Crippen molar-refractivity contribution in [3.05, 3.63) is 0 Å². The number of aliphatic carboxylic acids is 1. The second-order valence-corrected chi connectivity index (χ2v) is 25.4. The molecule has 7 aliphatic heterocycles. The number of carbonyl (C=O) groups is 6. The van der Waals surface area contributed by atoms with E-state index in [0.717, 1.165) is 27.7 Å². The van der Waals surface area contributed by atoms with Crippen molar-refractivity contribution in [2.24, 2.45) is 0 Å². The van der Waals surface area contributed by atoms with Crippen molar-refractivity contribution in [2.75, 3.05) is 59.5 Å². The fourth-order valence-electron chi connectivity index (χ4n) is 12.9. The first-order chi connectivity index (χ1) is 48.7. The Morgan fingerprint density at radius 1 is 0.437 bits per heavy atom. The molecule has 0 unspecified atom stereocenters. The quantitative estimate of drug-likeness (QED) is 0.0278. The summed E-state index contributed by atoms with van der Waals surface area (Å²) in [6.45, 7) is -5.64. The zero-order valence-electron chi connectivity index (χ0n) is 55.5. The molecule has 0 aliphatic carbocycles. The summed E-state index contributed by atoms with van der Waals surface area (Å²) in [6, 6.07) is -8.58. The molecule has 7 aliphatic rings. The van der Waals surface area contributed by atoms with Crippen molar-refractivity contribution in [1.29, 1.82) is 0 Å². The zero-order valence-corrected chi connectivity index (χ0v) is 55.5. The van der Waals surface area contributed by atoms with Crippen molar-refractivity contribution < 1.29 is 202 Å². The molecule has 5 amide bonds. The molecule has 46 nitrogen and oxygen atoms in total. The van der Waals surface area contributed by atoms with E-state index in [-0.39, 0.29) is 6.41 Å². The predicted octanol–water partition coefficient (Wildman–Crippen LogP) is -17.4. The van der Waals surface area contributed by atoms with Crippen LogP contribution in [-0.2, 0) is 95.1 Å². The lowest BCUT2D eigenvalue weighted by atomic mass is 9.88. The van der Waals surface area contributed by atoms with Gasteiger partial charge in [-0.2, -0.15) is 0 Å². The number of carboxylic acids is 1. The zero-order chi connectivity index (χ0) is 76.4. The Bertz CT molecular complexity index is 2730. The number of nitrogens with one attached hydrogen (secondary N) is 5. The van der Waals surface area contributed by atoms with Crippen LogP contribution in [0.3, 0.4) is 0 Å². The van der Waals surface area contributed by atoms with Gasteiger partial charge in [0.1, 0.15) is 165 Å². The van der Waals surface area contributed by atoms with E-state index in [0.29, 0.717) is 0 Å². The second-order valence-electron chi connectivity index (χ2n) is 25.4. The molecule has 26 N–H and O–H groups in total. The van der Waals surface area contributed by atoms with Crippen LogP contribution in [0.25, 0.3) is 0 Å². The van der Waals surface area contributed by atoms with Crippen LogP contribution in [0, 0.1) is 0 Å². The van der Waals surface area contributed by atoms with E-state index in [2.05, 4.69) is 26.6 Å². The second kappa shape index (κ2) is 38.0. The summed E-state index contributed by atoms with van der Waals surface area (Å²) < 4.78 is 83.1. The third kappa shape index (κ3) is 19.7. The Hall–Kier alpha value is -4.54. The van der Waals surface area contributed by atoms with Crippen LogP contribution in [0.5, 0.6) is 0 Å². The van der Waals surface area contributed by atoms with Gasteiger partial charge in [0.25, 0.3) is 5.79 Å². The molecule has 0 aromatic rings. The molecular formula is C57H95N5O41. The molecule has 7 saturated heterocycles. The fourth-order valence-corrected chi connectivity index (χ4v) is 12.9. The number of rotatable bonds is 32. The molecule has 7 heterocycles. The van der Waals surface area contributed by atoms with Crippen LogP contribution in [-0.4, -0.2) is 429 Å². The minimum Gasteiger partial charge on any atom is -0.477 e. The van der Waals surface area contributed by atoms with Gasteiger partial charge in [-0.05, 0) is 0 Å². The number of aliphatic hydroxyl groups is 20. The van der Waals surface area contributed by atoms with Crippen molar-refractivity contribution in [1.82, 2.24) is 26.6 Å². The maximum atomic E-state index is 13.8. The monoisotopic (exact) mass is 1510 g/mol. The minimum atomic E-state index is -3.48. The highest BCUT2D eigenvalue weighted by atomic mass is 16.8. The van der Waals surface area contributed by atoms with E-state index in [9.17, 15) is 136 Å². The number of ether oxygens (including phenoxy) is 14. The van der Waals surface area contributed by atoms with Gasteiger partial charge in [-0.15, -0.1) is 0 Å². The molecule has 0 spiro atoms. The number of hydrogen-bond acceptors (Lipinski definition) is 40. The van der Waals surface area contributed by atoms with Gasteiger partial charge < -0.3 is 200 Å². The van der Waals surface area contributed by atoms with Crippen molar-refractivity contribution in [3.8, 4) is 0 Å². The van der Waals surface area contributed by atoms with Crippen LogP contribution < -0.4 is 26.6 Å². The van der Waals surface area contributed by atoms with Gasteiger partial charge in [0.2, 0.25) is 30.0 Å². The molecule has 0 aromatic carbocycles. The summed E-state index contributed by atoms with van der Waals surface area (Å²) in [5, 5.41) is 244. The number of carboxylic acid groups (broad SMARTS) is 1. The first kappa shape index (κ1) is 85.7.